The normalized spacial score (nSPS) is 19.8. The van der Waals surface area contributed by atoms with Gasteiger partial charge in [0.15, 0.2) is 0 Å². The third kappa shape index (κ3) is 1.84. The van der Waals surface area contributed by atoms with Gasteiger partial charge in [-0.2, -0.15) is 0 Å². The van der Waals surface area contributed by atoms with Gasteiger partial charge in [-0.3, -0.25) is 0 Å². The van der Waals surface area contributed by atoms with Crippen molar-refractivity contribution in [1.29, 1.82) is 0 Å². The summed E-state index contributed by atoms with van der Waals surface area (Å²) in [5.74, 6) is 2.02. The van der Waals surface area contributed by atoms with E-state index in [0.717, 1.165) is 24.6 Å². The van der Waals surface area contributed by atoms with Crippen LogP contribution in [0.25, 0.3) is 10.6 Å². The standard InChI is InChI=1S/C12H13BrN2S/c1-8-4-5-15-7-9(14-12(15)6-8)10-2-3-11(13)16-10/h2-3,7-8H,4-6H2,1H3. The number of aryl methyl sites for hydroxylation is 1. The fourth-order valence-corrected chi connectivity index (χ4v) is 3.50. The van der Waals surface area contributed by atoms with Crippen LogP contribution in [0.3, 0.4) is 0 Å². The summed E-state index contributed by atoms with van der Waals surface area (Å²) >= 11 is 5.24. The van der Waals surface area contributed by atoms with Crippen LogP contribution in [-0.4, -0.2) is 9.55 Å². The Morgan fingerprint density at radius 3 is 3.12 bits per heavy atom. The van der Waals surface area contributed by atoms with Gasteiger partial charge >= 0.3 is 0 Å². The molecule has 0 aliphatic carbocycles. The van der Waals surface area contributed by atoms with Crippen molar-refractivity contribution in [1.82, 2.24) is 9.55 Å². The highest BCUT2D eigenvalue weighted by atomic mass is 79.9. The maximum absolute atomic E-state index is 4.74. The van der Waals surface area contributed by atoms with Crippen LogP contribution in [0, 0.1) is 5.92 Å². The van der Waals surface area contributed by atoms with Gasteiger partial charge in [0.2, 0.25) is 0 Å². The van der Waals surface area contributed by atoms with E-state index in [1.54, 1.807) is 11.3 Å². The minimum atomic E-state index is 0.776. The molecule has 0 amide bonds. The van der Waals surface area contributed by atoms with E-state index in [0.29, 0.717) is 0 Å². The summed E-state index contributed by atoms with van der Waals surface area (Å²) in [6.07, 6.45) is 4.59. The number of thiophene rings is 1. The lowest BCUT2D eigenvalue weighted by atomic mass is 10.0. The van der Waals surface area contributed by atoms with E-state index in [2.05, 4.69) is 45.8 Å². The average Bonchev–Trinajstić information content (AvgIpc) is 2.83. The van der Waals surface area contributed by atoms with Crippen molar-refractivity contribution in [2.45, 2.75) is 26.3 Å². The molecule has 3 heterocycles. The van der Waals surface area contributed by atoms with Gasteiger partial charge in [-0.1, -0.05) is 6.92 Å². The first-order chi connectivity index (χ1) is 7.72. The van der Waals surface area contributed by atoms with E-state index in [1.165, 1.54) is 20.9 Å². The first-order valence-electron chi connectivity index (χ1n) is 5.54. The molecule has 1 aliphatic rings. The molecule has 0 aromatic carbocycles. The minimum absolute atomic E-state index is 0.776. The van der Waals surface area contributed by atoms with Crippen molar-refractivity contribution in [3.63, 3.8) is 0 Å². The van der Waals surface area contributed by atoms with Crippen LogP contribution in [-0.2, 0) is 13.0 Å². The van der Waals surface area contributed by atoms with Crippen molar-refractivity contribution in [3.8, 4) is 10.6 Å². The largest absolute Gasteiger partial charge is 0.334 e. The van der Waals surface area contributed by atoms with E-state index < -0.39 is 0 Å². The van der Waals surface area contributed by atoms with Crippen molar-refractivity contribution in [2.75, 3.05) is 0 Å². The average molecular weight is 297 g/mol. The van der Waals surface area contributed by atoms with Gasteiger partial charge in [0.25, 0.3) is 0 Å². The zero-order valence-corrected chi connectivity index (χ0v) is 11.5. The molecule has 4 heteroatoms. The highest BCUT2D eigenvalue weighted by molar-refractivity contribution is 9.11. The summed E-state index contributed by atoms with van der Waals surface area (Å²) in [7, 11) is 0. The van der Waals surface area contributed by atoms with Crippen LogP contribution in [0.5, 0.6) is 0 Å². The smallest absolute Gasteiger partial charge is 0.109 e. The molecule has 1 unspecified atom stereocenters. The Kier molecular flexibility index (Phi) is 2.64. The van der Waals surface area contributed by atoms with Gasteiger partial charge < -0.3 is 4.57 Å². The van der Waals surface area contributed by atoms with Crippen LogP contribution in [0.1, 0.15) is 19.2 Å². The number of aromatic nitrogens is 2. The molecule has 1 aliphatic heterocycles. The van der Waals surface area contributed by atoms with E-state index >= 15 is 0 Å². The Labute approximate surface area is 107 Å². The van der Waals surface area contributed by atoms with E-state index in [-0.39, 0.29) is 0 Å². The molecule has 3 rings (SSSR count). The van der Waals surface area contributed by atoms with E-state index in [1.807, 2.05) is 0 Å². The van der Waals surface area contributed by atoms with Crippen molar-refractivity contribution < 1.29 is 0 Å². The van der Waals surface area contributed by atoms with E-state index in [4.69, 9.17) is 4.98 Å². The number of halogens is 1. The van der Waals surface area contributed by atoms with Crippen LogP contribution < -0.4 is 0 Å². The second-order valence-corrected chi connectivity index (χ2v) is 6.90. The van der Waals surface area contributed by atoms with Gasteiger partial charge in [-0.25, -0.2) is 4.98 Å². The lowest BCUT2D eigenvalue weighted by molar-refractivity contribution is 0.409. The molecule has 2 nitrogen and oxygen atoms in total. The molecule has 2 aromatic heterocycles. The number of rotatable bonds is 1. The summed E-state index contributed by atoms with van der Waals surface area (Å²) in [5, 5.41) is 0. The third-order valence-electron chi connectivity index (χ3n) is 3.08. The lowest BCUT2D eigenvalue weighted by Gasteiger charge is -2.18. The number of nitrogens with zero attached hydrogens (tertiary/aromatic N) is 2. The number of fused-ring (bicyclic) bond motifs is 1. The molecule has 0 spiro atoms. The molecule has 0 bridgehead atoms. The SMILES string of the molecule is CC1CCn2cc(-c3ccc(Br)s3)nc2C1. The topological polar surface area (TPSA) is 17.8 Å². The molecule has 1 atom stereocenters. The first-order valence-corrected chi connectivity index (χ1v) is 7.15. The molecule has 0 N–H and O–H groups in total. The van der Waals surface area contributed by atoms with Crippen molar-refractivity contribution in [3.05, 3.63) is 27.9 Å². The lowest BCUT2D eigenvalue weighted by Crippen LogP contribution is -2.16. The van der Waals surface area contributed by atoms with Crippen molar-refractivity contribution >= 4 is 27.3 Å². The Morgan fingerprint density at radius 2 is 2.38 bits per heavy atom. The van der Waals surface area contributed by atoms with Crippen LogP contribution in [0.4, 0.5) is 0 Å². The first kappa shape index (κ1) is 10.5. The summed E-state index contributed by atoms with van der Waals surface area (Å²) in [6.45, 7) is 3.43. The number of hydrogen-bond acceptors (Lipinski definition) is 2. The highest BCUT2D eigenvalue weighted by Gasteiger charge is 2.18. The van der Waals surface area contributed by atoms with Crippen LogP contribution in [0.15, 0.2) is 22.1 Å². The number of hydrogen-bond donors (Lipinski definition) is 0. The molecular formula is C12H13BrN2S. The maximum atomic E-state index is 4.74. The van der Waals surface area contributed by atoms with Crippen molar-refractivity contribution in [2.24, 2.45) is 5.92 Å². The number of imidazole rings is 1. The van der Waals surface area contributed by atoms with Crippen LogP contribution in [0.2, 0.25) is 0 Å². The fraction of sp³-hybridized carbons (Fsp3) is 0.417. The van der Waals surface area contributed by atoms with Gasteiger partial charge in [0.1, 0.15) is 5.82 Å². The van der Waals surface area contributed by atoms with Gasteiger partial charge in [0, 0.05) is 19.2 Å². The summed E-state index contributed by atoms with van der Waals surface area (Å²) < 4.78 is 3.48. The Morgan fingerprint density at radius 1 is 1.50 bits per heavy atom. The quantitative estimate of drug-likeness (QED) is 0.779. The second-order valence-electron chi connectivity index (χ2n) is 4.44. The molecule has 2 aromatic rings. The zero-order chi connectivity index (χ0) is 11.1. The highest BCUT2D eigenvalue weighted by Crippen LogP contribution is 2.32. The molecule has 0 radical (unpaired) electrons. The van der Waals surface area contributed by atoms with E-state index in [9.17, 15) is 0 Å². The second kappa shape index (κ2) is 4.00. The molecule has 84 valence electrons. The minimum Gasteiger partial charge on any atom is -0.334 e. The van der Waals surface area contributed by atoms with Gasteiger partial charge in [0.05, 0.1) is 14.4 Å². The maximum Gasteiger partial charge on any atom is 0.109 e. The summed E-state index contributed by atoms with van der Waals surface area (Å²) in [6, 6.07) is 4.22. The van der Waals surface area contributed by atoms with Gasteiger partial charge in [-0.05, 0) is 40.4 Å². The molecule has 0 fully saturated rings. The van der Waals surface area contributed by atoms with Gasteiger partial charge in [-0.15, -0.1) is 11.3 Å². The Balaban J connectivity index is 1.98. The Bertz CT molecular complexity index is 515. The molecular weight excluding hydrogens is 284 g/mol. The predicted octanol–water partition coefficient (Wildman–Crippen LogP) is 3.96. The Hall–Kier alpha value is -0.610. The molecule has 16 heavy (non-hydrogen) atoms. The molecule has 0 saturated carbocycles. The monoisotopic (exact) mass is 296 g/mol. The molecule has 0 saturated heterocycles. The predicted molar refractivity (Wildman–Crippen MR) is 70.7 cm³/mol. The van der Waals surface area contributed by atoms with Crippen LogP contribution >= 0.6 is 27.3 Å². The third-order valence-corrected chi connectivity index (χ3v) is 4.72. The summed E-state index contributed by atoms with van der Waals surface area (Å²) in [4.78, 5) is 5.99. The summed E-state index contributed by atoms with van der Waals surface area (Å²) in [5.41, 5.74) is 1.12. The fourth-order valence-electron chi connectivity index (χ4n) is 2.15. The zero-order valence-electron chi connectivity index (χ0n) is 9.11.